The van der Waals surface area contributed by atoms with E-state index in [0.717, 1.165) is 5.84 Å². The summed E-state index contributed by atoms with van der Waals surface area (Å²) < 4.78 is 23.1. The summed E-state index contributed by atoms with van der Waals surface area (Å²) in [6.07, 6.45) is 5.28. The van der Waals surface area contributed by atoms with Crippen molar-refractivity contribution < 1.29 is 13.8 Å². The quantitative estimate of drug-likeness (QED) is 0.150. The highest BCUT2D eigenvalue weighted by Crippen LogP contribution is 2.47. The molecule has 0 saturated carbocycles. The smallest absolute Gasteiger partial charge is 0.259 e. The maximum Gasteiger partial charge on any atom is 0.259 e. The number of ether oxygens (including phenoxy) is 1. The van der Waals surface area contributed by atoms with E-state index in [2.05, 4.69) is 58.4 Å². The van der Waals surface area contributed by atoms with Gasteiger partial charge in [0.15, 0.2) is 17.0 Å². The third-order valence-corrected chi connectivity index (χ3v) is 8.34. The van der Waals surface area contributed by atoms with E-state index < -0.39 is 8.53 Å². The van der Waals surface area contributed by atoms with Crippen LogP contribution in [0.5, 0.6) is 0 Å². The molecule has 1 aliphatic heterocycles. The highest BCUT2D eigenvalue weighted by atomic mass is 31.2. The number of hydrogen-bond acceptors (Lipinski definition) is 10. The molecule has 0 amide bonds. The predicted octanol–water partition coefficient (Wildman–Crippen LogP) is 3.98. The molecule has 4 atom stereocenters. The number of imidazole rings is 1. The van der Waals surface area contributed by atoms with Gasteiger partial charge in [0, 0.05) is 46.7 Å². The van der Waals surface area contributed by atoms with Gasteiger partial charge in [0.1, 0.15) is 24.5 Å². The van der Waals surface area contributed by atoms with Crippen molar-refractivity contribution in [3.05, 3.63) is 12.7 Å². The van der Waals surface area contributed by atoms with E-state index in [-0.39, 0.29) is 30.5 Å². The second-order valence-electron chi connectivity index (χ2n) is 10.6. The number of nitrogens with zero attached hydrogens (tertiary/aromatic N) is 10. The fourth-order valence-electron chi connectivity index (χ4n) is 4.25. The molecule has 2 aromatic heterocycles. The van der Waals surface area contributed by atoms with Crippen molar-refractivity contribution in [2.24, 2.45) is 9.98 Å². The average Bonchev–Trinajstić information content (AvgIpc) is 3.50. The summed E-state index contributed by atoms with van der Waals surface area (Å²) in [7, 11) is 6.34. The number of hydrogen-bond donors (Lipinski definition) is 0. The molecule has 3 heterocycles. The first-order valence-electron chi connectivity index (χ1n) is 13.5. The Morgan fingerprint density at radius 2 is 1.93 bits per heavy atom. The minimum atomic E-state index is -1.40. The Hall–Kier alpha value is -2.75. The molecule has 0 N–H and O–H groups in total. The van der Waals surface area contributed by atoms with Crippen LogP contribution in [0.15, 0.2) is 22.6 Å². The summed E-state index contributed by atoms with van der Waals surface area (Å²) >= 11 is 0. The number of rotatable bonds is 13. The molecule has 3 rings (SSSR count). The van der Waals surface area contributed by atoms with Crippen molar-refractivity contribution >= 4 is 37.7 Å². The van der Waals surface area contributed by atoms with E-state index in [4.69, 9.17) is 24.0 Å². The SMILES string of the molecule is C/C(=N/c1ncnc2c1ncn2[C@H]1C[C@H](N=CN(C)C)[C@@H](COP(OCCC#N)N(C(C)C)C(C)C)O1)N(C)C. The molecule has 1 fully saturated rings. The van der Waals surface area contributed by atoms with Crippen LogP contribution in [0.4, 0.5) is 5.82 Å². The molecule has 13 nitrogen and oxygen atoms in total. The molecule has 0 radical (unpaired) electrons. The molecule has 0 aromatic carbocycles. The standard InChI is InChI=1S/C26H43N10O3P/c1-18(2)36(19(3)4)40(37-12-10-11-27)38-14-22-21(30-16-33(6)7)13-23(39-22)35-17-31-24-25(28-15-29-26(24)35)32-20(5)34(8)9/h15-19,21-23H,10,12-14H2,1-9H3/b30-16?,32-20-/t21-,22+,23+,40?/m0/s1. The highest BCUT2D eigenvalue weighted by Gasteiger charge is 2.39. The Morgan fingerprint density at radius 1 is 1.20 bits per heavy atom. The Labute approximate surface area is 238 Å². The van der Waals surface area contributed by atoms with E-state index in [1.165, 1.54) is 6.33 Å². The van der Waals surface area contributed by atoms with Crippen LogP contribution in [-0.4, -0.2) is 112 Å². The van der Waals surface area contributed by atoms with Crippen LogP contribution in [0, 0.1) is 11.3 Å². The van der Waals surface area contributed by atoms with Crippen LogP contribution in [0.3, 0.4) is 0 Å². The Morgan fingerprint density at radius 3 is 2.55 bits per heavy atom. The van der Waals surface area contributed by atoms with Gasteiger partial charge < -0.3 is 23.6 Å². The van der Waals surface area contributed by atoms with Gasteiger partial charge in [-0.2, -0.15) is 5.26 Å². The molecular weight excluding hydrogens is 531 g/mol. The zero-order valence-corrected chi connectivity index (χ0v) is 26.0. The molecule has 1 unspecified atom stereocenters. The van der Waals surface area contributed by atoms with Crippen LogP contribution in [0.1, 0.15) is 53.7 Å². The fraction of sp³-hybridized carbons (Fsp3) is 0.692. The summed E-state index contributed by atoms with van der Waals surface area (Å²) in [6, 6.07) is 2.40. The van der Waals surface area contributed by atoms with Gasteiger partial charge in [0.2, 0.25) is 0 Å². The van der Waals surface area contributed by atoms with Crippen LogP contribution in [0.25, 0.3) is 11.2 Å². The Bertz CT molecular complexity index is 1190. The minimum Gasteiger partial charge on any atom is -0.369 e. The highest BCUT2D eigenvalue weighted by molar-refractivity contribution is 7.44. The van der Waals surface area contributed by atoms with E-state index >= 15 is 0 Å². The lowest BCUT2D eigenvalue weighted by Gasteiger charge is -2.36. The molecule has 2 aromatic rings. The zero-order valence-electron chi connectivity index (χ0n) is 25.1. The summed E-state index contributed by atoms with van der Waals surface area (Å²) in [6.45, 7) is 11.0. The summed E-state index contributed by atoms with van der Waals surface area (Å²) in [5.41, 5.74) is 1.26. The van der Waals surface area contributed by atoms with Crippen LogP contribution < -0.4 is 0 Å². The zero-order chi connectivity index (χ0) is 29.4. The van der Waals surface area contributed by atoms with Gasteiger partial charge in [0.25, 0.3) is 8.53 Å². The third-order valence-electron chi connectivity index (χ3n) is 6.27. The monoisotopic (exact) mass is 574 g/mol. The lowest BCUT2D eigenvalue weighted by atomic mass is 10.1. The van der Waals surface area contributed by atoms with Crippen LogP contribution in [-0.2, 0) is 13.8 Å². The first kappa shape index (κ1) is 31.8. The summed E-state index contributed by atoms with van der Waals surface area (Å²) in [5.74, 6) is 1.32. The van der Waals surface area contributed by atoms with Gasteiger partial charge in [-0.1, -0.05) is 0 Å². The van der Waals surface area contributed by atoms with Crippen molar-refractivity contribution in [3.8, 4) is 6.07 Å². The first-order chi connectivity index (χ1) is 19.0. The summed E-state index contributed by atoms with van der Waals surface area (Å²) in [5, 5.41) is 9.01. The number of nitriles is 1. The van der Waals surface area contributed by atoms with Gasteiger partial charge in [-0.15, -0.1) is 0 Å². The fourth-order valence-corrected chi connectivity index (χ4v) is 5.87. The van der Waals surface area contributed by atoms with E-state index in [1.807, 2.05) is 49.5 Å². The van der Waals surface area contributed by atoms with Gasteiger partial charge in [0.05, 0.1) is 44.4 Å². The molecule has 220 valence electrons. The lowest BCUT2D eigenvalue weighted by molar-refractivity contribution is -0.0211. The van der Waals surface area contributed by atoms with Crippen molar-refractivity contribution in [3.63, 3.8) is 0 Å². The second-order valence-corrected chi connectivity index (χ2v) is 12.0. The number of aromatic nitrogens is 4. The number of aliphatic imine (C=N–C) groups is 2. The first-order valence-corrected chi connectivity index (χ1v) is 14.6. The third kappa shape index (κ3) is 8.15. The molecule has 0 aliphatic carbocycles. The molecule has 1 aliphatic rings. The molecule has 1 saturated heterocycles. The Balaban J connectivity index is 1.86. The second kappa shape index (κ2) is 14.8. The molecular formula is C26H43N10O3P. The lowest BCUT2D eigenvalue weighted by Crippen LogP contribution is -2.35. The van der Waals surface area contributed by atoms with E-state index in [0.29, 0.717) is 43.0 Å². The van der Waals surface area contributed by atoms with Crippen molar-refractivity contribution in [2.45, 2.75) is 77.9 Å². The van der Waals surface area contributed by atoms with Crippen molar-refractivity contribution in [2.75, 3.05) is 41.4 Å². The van der Waals surface area contributed by atoms with Crippen molar-refractivity contribution in [1.82, 2.24) is 34.0 Å². The van der Waals surface area contributed by atoms with Crippen molar-refractivity contribution in [1.29, 1.82) is 5.26 Å². The molecule has 0 spiro atoms. The average molecular weight is 575 g/mol. The Kier molecular flexibility index (Phi) is 11.7. The molecule has 0 bridgehead atoms. The number of amidine groups is 1. The van der Waals surface area contributed by atoms with E-state index in [9.17, 15) is 0 Å². The van der Waals surface area contributed by atoms with Crippen LogP contribution >= 0.6 is 8.53 Å². The van der Waals surface area contributed by atoms with Gasteiger partial charge in [-0.3, -0.25) is 9.56 Å². The maximum atomic E-state index is 9.01. The summed E-state index contributed by atoms with van der Waals surface area (Å²) in [4.78, 5) is 26.7. The normalized spacial score (nSPS) is 20.8. The maximum absolute atomic E-state index is 9.01. The van der Waals surface area contributed by atoms with Crippen LogP contribution in [0.2, 0.25) is 0 Å². The van der Waals surface area contributed by atoms with Gasteiger partial charge in [-0.05, 0) is 34.6 Å². The minimum absolute atomic E-state index is 0.150. The molecule has 14 heteroatoms. The largest absolute Gasteiger partial charge is 0.369 e. The molecule has 40 heavy (non-hydrogen) atoms. The van der Waals surface area contributed by atoms with E-state index in [1.54, 1.807) is 12.7 Å². The topological polar surface area (TPSA) is 130 Å². The van der Waals surface area contributed by atoms with Gasteiger partial charge >= 0.3 is 0 Å². The number of fused-ring (bicyclic) bond motifs is 1. The predicted molar refractivity (Wildman–Crippen MR) is 157 cm³/mol. The van der Waals surface area contributed by atoms with Gasteiger partial charge in [-0.25, -0.2) is 24.6 Å².